The molecule has 0 fully saturated rings. The molecule has 5 nitrogen and oxygen atoms in total. The van der Waals surface area contributed by atoms with Gasteiger partial charge in [0.2, 0.25) is 5.91 Å². The van der Waals surface area contributed by atoms with Crippen molar-refractivity contribution in [3.05, 3.63) is 18.2 Å². The van der Waals surface area contributed by atoms with Gasteiger partial charge in [-0.1, -0.05) is 6.92 Å². The Morgan fingerprint density at radius 2 is 2.24 bits per heavy atom. The Kier molecular flexibility index (Phi) is 4.71. The number of methoxy groups -OCH3 is 1. The molecule has 92 valence electrons. The van der Waals surface area contributed by atoms with Gasteiger partial charge < -0.3 is 21.1 Å². The molecule has 0 atom stereocenters. The summed E-state index contributed by atoms with van der Waals surface area (Å²) < 4.78 is 5.14. The molecular formula is C11H15N3O2S. The van der Waals surface area contributed by atoms with Crippen molar-refractivity contribution in [3.63, 3.8) is 0 Å². The number of rotatable bonds is 3. The summed E-state index contributed by atoms with van der Waals surface area (Å²) in [5.74, 6) is 0.426. The molecule has 4 N–H and O–H groups in total. The normalized spacial score (nSPS) is 9.53. The number of carbonyl (C=O) groups is 1. The molecule has 6 heteroatoms. The molecule has 0 aliphatic carbocycles. The number of nitrogen functional groups attached to an aromatic ring is 1. The summed E-state index contributed by atoms with van der Waals surface area (Å²) in [6.07, 6.45) is 0.376. The second-order valence-corrected chi connectivity index (χ2v) is 3.72. The first-order valence-electron chi connectivity index (χ1n) is 5.11. The molecule has 0 unspecified atom stereocenters. The minimum Gasteiger partial charge on any atom is -0.494 e. The molecule has 0 aromatic heterocycles. The number of amides is 1. The maximum atomic E-state index is 11.1. The molecule has 0 heterocycles. The van der Waals surface area contributed by atoms with Crippen LogP contribution in [0.4, 0.5) is 11.4 Å². The number of ether oxygens (including phenoxy) is 1. The van der Waals surface area contributed by atoms with Crippen LogP contribution in [0.5, 0.6) is 5.75 Å². The third-order valence-electron chi connectivity index (χ3n) is 2.05. The monoisotopic (exact) mass is 253 g/mol. The van der Waals surface area contributed by atoms with Crippen molar-refractivity contribution in [1.29, 1.82) is 0 Å². The first-order chi connectivity index (χ1) is 8.06. The zero-order chi connectivity index (χ0) is 12.8. The number of benzene rings is 1. The van der Waals surface area contributed by atoms with E-state index in [4.69, 9.17) is 22.7 Å². The Labute approximate surface area is 105 Å². The van der Waals surface area contributed by atoms with Crippen LogP contribution in [-0.4, -0.2) is 18.1 Å². The van der Waals surface area contributed by atoms with Crippen LogP contribution in [0.3, 0.4) is 0 Å². The first kappa shape index (κ1) is 13.2. The lowest BCUT2D eigenvalue weighted by Gasteiger charge is -2.12. The van der Waals surface area contributed by atoms with Gasteiger partial charge in [-0.2, -0.15) is 0 Å². The van der Waals surface area contributed by atoms with Crippen LogP contribution < -0.4 is 21.1 Å². The lowest BCUT2D eigenvalue weighted by Crippen LogP contribution is -2.33. The molecule has 0 saturated carbocycles. The summed E-state index contributed by atoms with van der Waals surface area (Å²) in [5, 5.41) is 5.65. The van der Waals surface area contributed by atoms with Crippen molar-refractivity contribution in [3.8, 4) is 5.75 Å². The van der Waals surface area contributed by atoms with Gasteiger partial charge in [0.05, 0.1) is 12.8 Å². The highest BCUT2D eigenvalue weighted by atomic mass is 32.1. The van der Waals surface area contributed by atoms with Crippen molar-refractivity contribution < 1.29 is 9.53 Å². The Hall–Kier alpha value is -1.82. The molecule has 0 saturated heterocycles. The number of hydrogen-bond donors (Lipinski definition) is 3. The Morgan fingerprint density at radius 3 is 2.82 bits per heavy atom. The lowest BCUT2D eigenvalue weighted by molar-refractivity contribution is -0.119. The molecule has 0 radical (unpaired) electrons. The van der Waals surface area contributed by atoms with Gasteiger partial charge >= 0.3 is 0 Å². The number of carbonyl (C=O) groups excluding carboxylic acids is 1. The van der Waals surface area contributed by atoms with E-state index >= 15 is 0 Å². The van der Waals surface area contributed by atoms with Crippen LogP contribution in [0, 0.1) is 0 Å². The molecular weight excluding hydrogens is 238 g/mol. The Morgan fingerprint density at radius 1 is 1.53 bits per heavy atom. The van der Waals surface area contributed by atoms with Crippen LogP contribution in [-0.2, 0) is 4.79 Å². The Balaban J connectivity index is 2.74. The number of anilines is 2. The van der Waals surface area contributed by atoms with Crippen LogP contribution in [0.2, 0.25) is 0 Å². The van der Waals surface area contributed by atoms with Crippen LogP contribution in [0.1, 0.15) is 13.3 Å². The predicted molar refractivity (Wildman–Crippen MR) is 72.1 cm³/mol. The van der Waals surface area contributed by atoms with Gasteiger partial charge in [-0.3, -0.25) is 4.79 Å². The zero-order valence-corrected chi connectivity index (χ0v) is 10.6. The van der Waals surface area contributed by atoms with Gasteiger partial charge in [0.15, 0.2) is 5.11 Å². The highest BCUT2D eigenvalue weighted by molar-refractivity contribution is 7.80. The van der Waals surface area contributed by atoms with Crippen LogP contribution in [0.25, 0.3) is 0 Å². The topological polar surface area (TPSA) is 76.4 Å². The minimum atomic E-state index is -0.142. The highest BCUT2D eigenvalue weighted by Gasteiger charge is 2.06. The minimum absolute atomic E-state index is 0.142. The van der Waals surface area contributed by atoms with Gasteiger partial charge in [0.25, 0.3) is 0 Å². The summed E-state index contributed by atoms with van der Waals surface area (Å²) >= 11 is 4.99. The van der Waals surface area contributed by atoms with Crippen molar-refractivity contribution in [2.75, 3.05) is 18.2 Å². The van der Waals surface area contributed by atoms with Gasteiger partial charge in [-0.25, -0.2) is 0 Å². The molecule has 1 amide bonds. The highest BCUT2D eigenvalue weighted by Crippen LogP contribution is 2.26. The maximum Gasteiger partial charge on any atom is 0.225 e. The van der Waals surface area contributed by atoms with Gasteiger partial charge in [0, 0.05) is 18.2 Å². The third kappa shape index (κ3) is 3.92. The Bertz CT molecular complexity index is 435. The molecule has 1 rings (SSSR count). The van der Waals surface area contributed by atoms with E-state index in [0.717, 1.165) is 0 Å². The standard InChI is InChI=1S/C11H15N3O2S/c1-3-10(15)14-11(17)13-8-5-4-7(12)6-9(8)16-2/h4-6H,3,12H2,1-2H3,(H2,13,14,15,17). The van der Waals surface area contributed by atoms with Crippen LogP contribution in [0.15, 0.2) is 18.2 Å². The summed E-state index contributed by atoms with van der Waals surface area (Å²) in [4.78, 5) is 11.1. The predicted octanol–water partition coefficient (Wildman–Crippen LogP) is 1.50. The van der Waals surface area contributed by atoms with Crippen molar-refractivity contribution in [2.45, 2.75) is 13.3 Å². The largest absolute Gasteiger partial charge is 0.494 e. The summed E-state index contributed by atoms with van der Waals surface area (Å²) in [5.41, 5.74) is 6.87. The smallest absolute Gasteiger partial charge is 0.225 e. The van der Waals surface area contributed by atoms with Crippen molar-refractivity contribution in [1.82, 2.24) is 5.32 Å². The van der Waals surface area contributed by atoms with Gasteiger partial charge in [-0.15, -0.1) is 0 Å². The van der Waals surface area contributed by atoms with E-state index in [2.05, 4.69) is 10.6 Å². The first-order valence-corrected chi connectivity index (χ1v) is 5.52. The fourth-order valence-corrected chi connectivity index (χ4v) is 1.40. The molecule has 1 aromatic rings. The van der Waals surface area contributed by atoms with E-state index < -0.39 is 0 Å². The summed E-state index contributed by atoms with van der Waals surface area (Å²) in [6, 6.07) is 5.13. The molecule has 1 aromatic carbocycles. The van der Waals surface area contributed by atoms with E-state index in [9.17, 15) is 4.79 Å². The van der Waals surface area contributed by atoms with E-state index in [1.165, 1.54) is 7.11 Å². The fourth-order valence-electron chi connectivity index (χ4n) is 1.18. The third-order valence-corrected chi connectivity index (χ3v) is 2.25. The van der Waals surface area contributed by atoms with E-state index in [-0.39, 0.29) is 11.0 Å². The zero-order valence-electron chi connectivity index (χ0n) is 9.74. The fraction of sp³-hybridized carbons (Fsp3) is 0.273. The average molecular weight is 253 g/mol. The van der Waals surface area contributed by atoms with Crippen molar-refractivity contribution >= 4 is 34.6 Å². The number of hydrogen-bond acceptors (Lipinski definition) is 4. The summed E-state index contributed by atoms with van der Waals surface area (Å²) in [7, 11) is 1.54. The molecule has 0 aliphatic heterocycles. The number of nitrogens with two attached hydrogens (primary N) is 1. The molecule has 17 heavy (non-hydrogen) atoms. The lowest BCUT2D eigenvalue weighted by atomic mass is 10.2. The van der Waals surface area contributed by atoms with E-state index in [0.29, 0.717) is 23.5 Å². The quantitative estimate of drug-likeness (QED) is 0.562. The second kappa shape index (κ2) is 6.05. The van der Waals surface area contributed by atoms with E-state index in [1.54, 1.807) is 25.1 Å². The van der Waals surface area contributed by atoms with Gasteiger partial charge in [0.1, 0.15) is 5.75 Å². The molecule has 0 aliphatic rings. The number of nitrogens with one attached hydrogen (secondary N) is 2. The SMILES string of the molecule is CCC(=O)NC(=S)Nc1ccc(N)cc1OC. The second-order valence-electron chi connectivity index (χ2n) is 3.32. The van der Waals surface area contributed by atoms with Crippen molar-refractivity contribution in [2.24, 2.45) is 0 Å². The van der Waals surface area contributed by atoms with Crippen LogP contribution >= 0.6 is 12.2 Å². The van der Waals surface area contributed by atoms with Gasteiger partial charge in [-0.05, 0) is 24.4 Å². The maximum absolute atomic E-state index is 11.1. The molecule has 0 spiro atoms. The van der Waals surface area contributed by atoms with E-state index in [1.807, 2.05) is 0 Å². The number of thiocarbonyl (C=S) groups is 1. The summed E-state index contributed by atoms with van der Waals surface area (Å²) in [6.45, 7) is 1.75. The average Bonchev–Trinajstić information content (AvgIpc) is 2.31. The molecule has 0 bridgehead atoms.